The molecule has 1 aromatic carbocycles. The van der Waals surface area contributed by atoms with Crippen molar-refractivity contribution < 1.29 is 4.79 Å². The van der Waals surface area contributed by atoms with Gasteiger partial charge in [0.2, 0.25) is 5.91 Å². The first kappa shape index (κ1) is 18.5. The van der Waals surface area contributed by atoms with Gasteiger partial charge in [-0.2, -0.15) is 5.26 Å². The molecule has 2 fully saturated rings. The predicted molar refractivity (Wildman–Crippen MR) is 109 cm³/mol. The Kier molecular flexibility index (Phi) is 4.80. The number of carbonyl (C=O) groups excluding carboxylic acids is 1. The summed E-state index contributed by atoms with van der Waals surface area (Å²) in [6, 6.07) is 16.2. The minimum Gasteiger partial charge on any atom is -0.355 e. The van der Waals surface area contributed by atoms with E-state index in [9.17, 15) is 10.1 Å². The van der Waals surface area contributed by atoms with Gasteiger partial charge in [0.15, 0.2) is 0 Å². The van der Waals surface area contributed by atoms with Crippen LogP contribution in [0.5, 0.6) is 0 Å². The number of hydrogen-bond acceptors (Lipinski definition) is 4. The van der Waals surface area contributed by atoms with E-state index in [0.717, 1.165) is 49.4 Å². The van der Waals surface area contributed by atoms with Gasteiger partial charge in [0.05, 0.1) is 11.5 Å². The van der Waals surface area contributed by atoms with Crippen molar-refractivity contribution >= 4 is 11.7 Å². The van der Waals surface area contributed by atoms with Crippen LogP contribution in [0, 0.1) is 11.3 Å². The maximum Gasteiger partial charge on any atom is 0.228 e. The number of benzene rings is 1. The van der Waals surface area contributed by atoms with E-state index in [0.29, 0.717) is 11.5 Å². The molecule has 2 aliphatic rings. The fourth-order valence-corrected chi connectivity index (χ4v) is 4.43. The monoisotopic (exact) mass is 374 g/mol. The van der Waals surface area contributed by atoms with Crippen molar-refractivity contribution in [2.45, 2.75) is 50.5 Å². The van der Waals surface area contributed by atoms with Gasteiger partial charge in [-0.3, -0.25) is 4.79 Å². The Morgan fingerprint density at radius 1 is 1.18 bits per heavy atom. The van der Waals surface area contributed by atoms with Crippen molar-refractivity contribution in [2.75, 3.05) is 18.0 Å². The summed E-state index contributed by atoms with van der Waals surface area (Å²) >= 11 is 0. The van der Waals surface area contributed by atoms with Crippen molar-refractivity contribution in [3.63, 3.8) is 0 Å². The number of anilines is 1. The summed E-state index contributed by atoms with van der Waals surface area (Å²) in [5.41, 5.74) is 2.58. The summed E-state index contributed by atoms with van der Waals surface area (Å²) in [4.78, 5) is 19.6. The first-order chi connectivity index (χ1) is 13.5. The summed E-state index contributed by atoms with van der Waals surface area (Å²) in [7, 11) is 0. The van der Waals surface area contributed by atoms with Crippen LogP contribution in [0.15, 0.2) is 42.5 Å². The van der Waals surface area contributed by atoms with Gasteiger partial charge in [0.1, 0.15) is 11.9 Å². The molecular weight excluding hydrogens is 348 g/mol. The third kappa shape index (κ3) is 3.35. The number of nitrogens with zero attached hydrogens (tertiary/aromatic N) is 3. The third-order valence-corrected chi connectivity index (χ3v) is 6.13. The standard InChI is InChI=1S/C23H26N4O/c1-16(2)20-9-8-18(15-24)21(25-20)27-12-10-23(11-13-27)14-19(22(28)26-23)17-6-4-3-5-7-17/h3-9,16,19H,10-14H2,1-2H3,(H,26,28)/t19-/m0/s1. The number of amides is 1. The summed E-state index contributed by atoms with van der Waals surface area (Å²) in [5, 5.41) is 12.8. The first-order valence-electron chi connectivity index (χ1n) is 10.0. The molecular formula is C23H26N4O. The van der Waals surface area contributed by atoms with Crippen LogP contribution < -0.4 is 10.2 Å². The van der Waals surface area contributed by atoms with E-state index < -0.39 is 0 Å². The molecule has 2 aromatic rings. The van der Waals surface area contributed by atoms with Crippen LogP contribution in [-0.4, -0.2) is 29.5 Å². The average molecular weight is 374 g/mol. The van der Waals surface area contributed by atoms with Crippen LogP contribution >= 0.6 is 0 Å². The predicted octanol–water partition coefficient (Wildman–Crippen LogP) is 3.72. The number of nitriles is 1. The van der Waals surface area contributed by atoms with Gasteiger partial charge in [0, 0.05) is 24.3 Å². The average Bonchev–Trinajstić information content (AvgIpc) is 3.04. The largest absolute Gasteiger partial charge is 0.355 e. The summed E-state index contributed by atoms with van der Waals surface area (Å²) in [6.45, 7) is 5.82. The lowest BCUT2D eigenvalue weighted by Gasteiger charge is -2.40. The van der Waals surface area contributed by atoms with Crippen molar-refractivity contribution in [3.05, 3.63) is 59.3 Å². The maximum atomic E-state index is 12.6. The Balaban J connectivity index is 1.51. The van der Waals surface area contributed by atoms with E-state index in [-0.39, 0.29) is 17.4 Å². The van der Waals surface area contributed by atoms with Gasteiger partial charge < -0.3 is 10.2 Å². The molecule has 4 rings (SSSR count). The topological polar surface area (TPSA) is 69.0 Å². The van der Waals surface area contributed by atoms with Gasteiger partial charge in [-0.15, -0.1) is 0 Å². The van der Waals surface area contributed by atoms with E-state index in [1.54, 1.807) is 0 Å². The van der Waals surface area contributed by atoms with Crippen LogP contribution in [0.2, 0.25) is 0 Å². The molecule has 2 saturated heterocycles. The molecule has 28 heavy (non-hydrogen) atoms. The SMILES string of the molecule is CC(C)c1ccc(C#N)c(N2CCC3(CC2)C[C@@H](c2ccccc2)C(=O)N3)n1. The zero-order chi connectivity index (χ0) is 19.7. The van der Waals surface area contributed by atoms with Crippen molar-refractivity contribution in [3.8, 4) is 6.07 Å². The molecule has 3 heterocycles. The van der Waals surface area contributed by atoms with Crippen molar-refractivity contribution in [1.29, 1.82) is 5.26 Å². The Morgan fingerprint density at radius 3 is 2.54 bits per heavy atom. The van der Waals surface area contributed by atoms with E-state index >= 15 is 0 Å². The summed E-state index contributed by atoms with van der Waals surface area (Å²) < 4.78 is 0. The number of carbonyl (C=O) groups is 1. The van der Waals surface area contributed by atoms with E-state index in [2.05, 4.69) is 30.1 Å². The highest BCUT2D eigenvalue weighted by molar-refractivity contribution is 5.87. The molecule has 1 N–H and O–H groups in total. The molecule has 1 aromatic heterocycles. The lowest BCUT2D eigenvalue weighted by atomic mass is 9.82. The molecule has 0 saturated carbocycles. The number of rotatable bonds is 3. The van der Waals surface area contributed by atoms with Crippen molar-refractivity contribution in [1.82, 2.24) is 10.3 Å². The highest BCUT2D eigenvalue weighted by atomic mass is 16.2. The fourth-order valence-electron chi connectivity index (χ4n) is 4.43. The molecule has 144 valence electrons. The molecule has 0 radical (unpaired) electrons. The second kappa shape index (κ2) is 7.27. The fraction of sp³-hybridized carbons (Fsp3) is 0.435. The van der Waals surface area contributed by atoms with E-state index in [4.69, 9.17) is 4.98 Å². The lowest BCUT2D eigenvalue weighted by molar-refractivity contribution is -0.121. The minimum atomic E-state index is -0.142. The number of hydrogen-bond donors (Lipinski definition) is 1. The molecule has 0 unspecified atom stereocenters. The molecule has 1 spiro atoms. The zero-order valence-corrected chi connectivity index (χ0v) is 16.5. The van der Waals surface area contributed by atoms with Gasteiger partial charge in [-0.25, -0.2) is 4.98 Å². The quantitative estimate of drug-likeness (QED) is 0.889. The second-order valence-electron chi connectivity index (χ2n) is 8.30. The molecule has 1 atom stereocenters. The third-order valence-electron chi connectivity index (χ3n) is 6.13. The van der Waals surface area contributed by atoms with Gasteiger partial charge in [0.25, 0.3) is 0 Å². The van der Waals surface area contributed by atoms with E-state index in [1.165, 1.54) is 0 Å². The van der Waals surface area contributed by atoms with Crippen LogP contribution in [0.3, 0.4) is 0 Å². The highest BCUT2D eigenvalue weighted by Crippen LogP contribution is 2.40. The Labute approximate surface area is 166 Å². The zero-order valence-electron chi connectivity index (χ0n) is 16.5. The number of aromatic nitrogens is 1. The normalized spacial score (nSPS) is 21.0. The molecule has 0 aliphatic carbocycles. The Hall–Kier alpha value is -2.87. The highest BCUT2D eigenvalue weighted by Gasteiger charge is 2.46. The Bertz CT molecular complexity index is 908. The van der Waals surface area contributed by atoms with E-state index in [1.807, 2.05) is 42.5 Å². The summed E-state index contributed by atoms with van der Waals surface area (Å²) in [5.74, 6) is 1.18. The van der Waals surface area contributed by atoms with Crippen LogP contribution in [0.4, 0.5) is 5.82 Å². The van der Waals surface area contributed by atoms with Crippen LogP contribution in [0.1, 0.15) is 61.8 Å². The Morgan fingerprint density at radius 2 is 1.89 bits per heavy atom. The van der Waals surface area contributed by atoms with Gasteiger partial charge in [-0.1, -0.05) is 44.2 Å². The smallest absolute Gasteiger partial charge is 0.228 e. The molecule has 0 bridgehead atoms. The second-order valence-corrected chi connectivity index (χ2v) is 8.30. The molecule has 5 nitrogen and oxygen atoms in total. The van der Waals surface area contributed by atoms with Gasteiger partial charge in [-0.05, 0) is 42.9 Å². The van der Waals surface area contributed by atoms with Crippen LogP contribution in [-0.2, 0) is 4.79 Å². The molecule has 2 aliphatic heterocycles. The van der Waals surface area contributed by atoms with Crippen LogP contribution in [0.25, 0.3) is 0 Å². The van der Waals surface area contributed by atoms with Gasteiger partial charge >= 0.3 is 0 Å². The van der Waals surface area contributed by atoms with Crippen molar-refractivity contribution in [2.24, 2.45) is 0 Å². The number of piperidine rings is 1. The summed E-state index contributed by atoms with van der Waals surface area (Å²) in [6.07, 6.45) is 2.59. The molecule has 5 heteroatoms. The lowest BCUT2D eigenvalue weighted by Crippen LogP contribution is -2.51. The first-order valence-corrected chi connectivity index (χ1v) is 10.0. The maximum absolute atomic E-state index is 12.6. The number of pyridine rings is 1. The molecule has 1 amide bonds. The minimum absolute atomic E-state index is 0.0650. The number of nitrogens with one attached hydrogen (secondary N) is 1.